The number of anilines is 1. The van der Waals surface area contributed by atoms with Crippen LogP contribution in [-0.2, 0) is 32.3 Å². The Kier molecular flexibility index (Phi) is 16.8. The molecule has 0 heterocycles. The fourth-order valence-corrected chi connectivity index (χ4v) is 1.64. The van der Waals surface area contributed by atoms with Crippen molar-refractivity contribution in [3.63, 3.8) is 0 Å². The third-order valence-electron chi connectivity index (χ3n) is 1.30. The van der Waals surface area contributed by atoms with E-state index in [-0.39, 0.29) is 5.91 Å². The van der Waals surface area contributed by atoms with E-state index in [4.69, 9.17) is 11.6 Å². The van der Waals surface area contributed by atoms with Gasteiger partial charge < -0.3 is 25.3 Å². The molecule has 0 spiro atoms. The molecule has 7 heteroatoms. The van der Waals surface area contributed by atoms with Crippen molar-refractivity contribution >= 4 is 51.5 Å². The third-order valence-corrected chi connectivity index (χ3v) is 3.14. The van der Waals surface area contributed by atoms with Gasteiger partial charge in [-0.1, -0.05) is 0 Å². The zero-order valence-electron chi connectivity index (χ0n) is 9.40. The van der Waals surface area contributed by atoms with Crippen molar-refractivity contribution in [2.24, 2.45) is 0 Å². The Morgan fingerprint density at radius 3 is 2.12 bits per heavy atom. The molecule has 1 N–H and O–H groups in total. The number of halogens is 1. The molecular formula is C10H12ClNO2S2U. The van der Waals surface area contributed by atoms with Gasteiger partial charge in [0.25, 0.3) is 0 Å². The van der Waals surface area contributed by atoms with E-state index in [0.717, 1.165) is 0 Å². The molecule has 0 fully saturated rings. The van der Waals surface area contributed by atoms with Crippen LogP contribution in [0.3, 0.4) is 0 Å². The second kappa shape index (κ2) is 14.5. The summed E-state index contributed by atoms with van der Waals surface area (Å²) in [5.41, 5.74) is 0.658. The van der Waals surface area contributed by atoms with E-state index in [9.17, 15) is 7.03 Å². The van der Waals surface area contributed by atoms with Crippen LogP contribution in [0.4, 0.5) is 5.69 Å². The van der Waals surface area contributed by atoms with Crippen LogP contribution in [0.5, 0.6) is 0 Å². The number of hydrogen-bond donors (Lipinski definition) is 1. The Bertz CT molecular complexity index is 367. The predicted octanol–water partition coefficient (Wildman–Crippen LogP) is 1.84. The molecule has 0 saturated heterocycles. The molecule has 0 unspecified atom stereocenters. The average Bonchev–Trinajstić information content (AvgIpc) is 2.37. The van der Waals surface area contributed by atoms with Crippen LogP contribution in [0.1, 0.15) is 0 Å². The maximum absolute atomic E-state index is 11.0. The summed E-state index contributed by atoms with van der Waals surface area (Å²) in [4.78, 5) is 11.0. The van der Waals surface area contributed by atoms with E-state index in [0.29, 0.717) is 10.7 Å². The molecule has 0 bridgehead atoms. The van der Waals surface area contributed by atoms with Gasteiger partial charge in [-0.3, -0.25) is 0 Å². The minimum absolute atomic E-state index is 0.298. The average molecular weight is 516 g/mol. The predicted molar refractivity (Wildman–Crippen MR) is 73.4 cm³/mol. The fourth-order valence-electron chi connectivity index (χ4n) is 0.765. The van der Waals surface area contributed by atoms with E-state index in [2.05, 4.69) is 30.6 Å². The number of benzene rings is 1. The first kappa shape index (κ1) is 19.7. The van der Waals surface area contributed by atoms with Crippen molar-refractivity contribution < 1.29 is 34.3 Å². The Labute approximate surface area is 132 Å². The van der Waals surface area contributed by atoms with Gasteiger partial charge in [-0.15, -0.1) is 0 Å². The van der Waals surface area contributed by atoms with Gasteiger partial charge in [-0.05, 0) is 0 Å². The number of rotatable bonds is 2. The van der Waals surface area contributed by atoms with E-state index in [1.165, 1.54) is 3.03 Å². The van der Waals surface area contributed by atoms with Crippen molar-refractivity contribution in [3.05, 3.63) is 29.3 Å². The summed E-state index contributed by atoms with van der Waals surface area (Å²) in [6, 6.07) is 6.73. The zero-order valence-corrected chi connectivity index (χ0v) is 16.0. The maximum atomic E-state index is 11.0. The molecule has 0 atom stereocenters. The molecule has 0 aliphatic rings. The number of amides is 1. The van der Waals surface area contributed by atoms with Gasteiger partial charge in [0.1, 0.15) is 0 Å². The van der Waals surface area contributed by atoms with Gasteiger partial charge >= 0.3 is 95.1 Å². The minimum atomic E-state index is -2.10. The van der Waals surface area contributed by atoms with Crippen LogP contribution in [0.2, 0.25) is 5.02 Å². The standard InChI is InChI=1S/C8H6ClNO.2CH4S.O.U/c1-6(11)10-8-4-2-7(9)3-5-8;2*1-2;;/h1-5H,(H,10,11);2*2H,1H3;;/q;;;;+2/p-2. The molecule has 92 valence electrons. The number of carbonyl (C=O) groups is 1. The van der Waals surface area contributed by atoms with Crippen LogP contribution in [0, 0.1) is 27.3 Å². The van der Waals surface area contributed by atoms with Gasteiger partial charge in [0.05, 0.1) is 0 Å². The van der Waals surface area contributed by atoms with Crippen molar-refractivity contribution in [3.8, 4) is 0 Å². The molecule has 3 nitrogen and oxygen atoms in total. The van der Waals surface area contributed by atoms with Crippen LogP contribution < -0.4 is 5.32 Å². The number of nitrogens with one attached hydrogen (secondary N) is 1. The first-order valence-electron chi connectivity index (χ1n) is 4.31. The molecule has 0 aliphatic carbocycles. The molecule has 1 amide bonds. The van der Waals surface area contributed by atoms with Gasteiger partial charge in [-0.25, -0.2) is 0 Å². The van der Waals surface area contributed by atoms with Crippen LogP contribution in [0.25, 0.3) is 0 Å². The van der Waals surface area contributed by atoms with E-state index < -0.39 is 27.3 Å². The SMILES string of the molecule is C[S-].C[S-].[O]=[U+2]=[CH]C(=O)Nc1ccc(Cl)cc1. The van der Waals surface area contributed by atoms with Crippen LogP contribution >= 0.6 is 11.6 Å². The normalized spacial score (nSPS) is 7.35. The molecule has 0 saturated carbocycles. The molecule has 1 aromatic carbocycles. The summed E-state index contributed by atoms with van der Waals surface area (Å²) in [5, 5.41) is 3.18. The number of carbonyl (C=O) groups excluding carboxylic acids is 1. The summed E-state index contributed by atoms with van der Waals surface area (Å²) in [6.07, 6.45) is 3.17. The topological polar surface area (TPSA) is 46.2 Å². The van der Waals surface area contributed by atoms with Gasteiger partial charge in [0.2, 0.25) is 0 Å². The first-order valence-corrected chi connectivity index (χ1v) is 10.4. The van der Waals surface area contributed by atoms with Crippen LogP contribution in [0.15, 0.2) is 24.3 Å². The van der Waals surface area contributed by atoms with Crippen molar-refractivity contribution in [2.75, 3.05) is 17.8 Å². The van der Waals surface area contributed by atoms with Crippen molar-refractivity contribution in [1.29, 1.82) is 0 Å². The summed E-state index contributed by atoms with van der Waals surface area (Å²) in [7, 11) is 0. The van der Waals surface area contributed by atoms with E-state index in [1.54, 1.807) is 36.8 Å². The quantitative estimate of drug-likeness (QED) is 0.611. The molecular weight excluding hydrogens is 504 g/mol. The second-order valence-corrected chi connectivity index (χ2v) is 4.88. The van der Waals surface area contributed by atoms with Crippen LogP contribution in [-0.4, -0.2) is 21.4 Å². The Balaban J connectivity index is 0. The Morgan fingerprint density at radius 1 is 1.24 bits per heavy atom. The molecule has 0 aromatic heterocycles. The van der Waals surface area contributed by atoms with Gasteiger partial charge in [-0.2, -0.15) is 12.5 Å². The van der Waals surface area contributed by atoms with Gasteiger partial charge in [0.15, 0.2) is 0 Å². The third kappa shape index (κ3) is 11.2. The number of hydrogen-bond acceptors (Lipinski definition) is 4. The summed E-state index contributed by atoms with van der Waals surface area (Å²) >= 11 is 11.7. The summed E-state index contributed by atoms with van der Waals surface area (Å²) < 4.78 is 11.5. The molecule has 0 aliphatic heterocycles. The van der Waals surface area contributed by atoms with Gasteiger partial charge in [0, 0.05) is 0 Å². The van der Waals surface area contributed by atoms with Crippen molar-refractivity contribution in [2.45, 2.75) is 0 Å². The Hall–Kier alpha value is 0.402. The monoisotopic (exact) mass is 515 g/mol. The second-order valence-electron chi connectivity index (χ2n) is 2.26. The first-order chi connectivity index (χ1) is 8.22. The summed E-state index contributed by atoms with van der Waals surface area (Å²) in [5.74, 6) is -0.298. The zero-order chi connectivity index (χ0) is 13.7. The van der Waals surface area contributed by atoms with Crippen molar-refractivity contribution in [1.82, 2.24) is 0 Å². The fraction of sp³-hybridized carbons (Fsp3) is 0.200. The summed E-state index contributed by atoms with van der Waals surface area (Å²) in [6.45, 7) is 0. The van der Waals surface area contributed by atoms with E-state index >= 15 is 0 Å². The molecule has 17 heavy (non-hydrogen) atoms. The van der Waals surface area contributed by atoms with E-state index in [1.807, 2.05) is 0 Å². The molecule has 1 rings (SSSR count). The molecule has 1 aromatic rings. The Morgan fingerprint density at radius 2 is 1.71 bits per heavy atom. The molecule has 0 radical (unpaired) electrons.